The van der Waals surface area contributed by atoms with Crippen LogP contribution >= 0.6 is 0 Å². The van der Waals surface area contributed by atoms with E-state index in [0.717, 1.165) is 13.0 Å². The Bertz CT molecular complexity index is 366. The predicted molar refractivity (Wildman–Crippen MR) is 46.0 cm³/mol. The molecule has 0 unspecified atom stereocenters. The van der Waals surface area contributed by atoms with Gasteiger partial charge in [-0.25, -0.2) is 13.2 Å². The van der Waals surface area contributed by atoms with Gasteiger partial charge in [-0.1, -0.05) is 12.1 Å². The Morgan fingerprint density at radius 3 is 2.36 bits per heavy atom. The number of alkyl halides is 2. The number of halogens is 3. The molecule has 1 nitrogen and oxygen atoms in total. The van der Waals surface area contributed by atoms with E-state index in [2.05, 4.69) is 0 Å². The average molecular weight is 202 g/mol. The minimum atomic E-state index is -3.27. The predicted octanol–water partition coefficient (Wildman–Crippen LogP) is 3.14. The van der Waals surface area contributed by atoms with Crippen molar-refractivity contribution in [3.8, 4) is 0 Å². The van der Waals surface area contributed by atoms with Gasteiger partial charge in [-0.05, 0) is 13.0 Å². The molecule has 0 saturated heterocycles. The Hall–Kier alpha value is -1.32. The van der Waals surface area contributed by atoms with E-state index < -0.39 is 23.1 Å². The molecule has 0 atom stereocenters. The van der Waals surface area contributed by atoms with Gasteiger partial charge < -0.3 is 0 Å². The average Bonchev–Trinajstić information content (AvgIpc) is 2.01. The monoisotopic (exact) mass is 202 g/mol. The van der Waals surface area contributed by atoms with Crippen LogP contribution in [-0.2, 0) is 5.92 Å². The first-order chi connectivity index (χ1) is 6.34. The van der Waals surface area contributed by atoms with Crippen LogP contribution in [0.3, 0.4) is 0 Å². The first-order valence-electron chi connectivity index (χ1n) is 4.02. The molecule has 0 spiro atoms. The maximum absolute atomic E-state index is 13.3. The largest absolute Gasteiger partial charge is 0.294 e. The molecule has 0 aromatic heterocycles. The summed E-state index contributed by atoms with van der Waals surface area (Å²) in [5.41, 5.74) is -1.05. The minimum Gasteiger partial charge on any atom is -0.294 e. The van der Waals surface area contributed by atoms with Crippen molar-refractivity contribution < 1.29 is 18.0 Å². The highest BCUT2D eigenvalue weighted by atomic mass is 19.3. The molecule has 0 saturated carbocycles. The van der Waals surface area contributed by atoms with E-state index in [1.807, 2.05) is 0 Å². The fourth-order valence-corrected chi connectivity index (χ4v) is 1.14. The van der Waals surface area contributed by atoms with Gasteiger partial charge in [0.25, 0.3) is 5.92 Å². The van der Waals surface area contributed by atoms with Crippen LogP contribution in [-0.4, -0.2) is 5.78 Å². The van der Waals surface area contributed by atoms with Crippen molar-refractivity contribution in [1.29, 1.82) is 0 Å². The summed E-state index contributed by atoms with van der Waals surface area (Å²) in [5.74, 6) is -4.96. The number of carbonyl (C=O) groups excluding carboxylic acids is 1. The number of Topliss-reactive ketones (excluding diaryl/α,β-unsaturated/α-hetero) is 1. The number of ketones is 1. The number of rotatable bonds is 2. The summed E-state index contributed by atoms with van der Waals surface area (Å²) in [5, 5.41) is 0. The molecule has 0 aliphatic rings. The Labute approximate surface area is 79.5 Å². The summed E-state index contributed by atoms with van der Waals surface area (Å²) >= 11 is 0. The van der Waals surface area contributed by atoms with E-state index in [1.54, 1.807) is 0 Å². The van der Waals surface area contributed by atoms with Gasteiger partial charge in [0.15, 0.2) is 5.78 Å². The highest BCUT2D eigenvalue weighted by Gasteiger charge is 2.29. The molecule has 0 bridgehead atoms. The van der Waals surface area contributed by atoms with Crippen molar-refractivity contribution in [3.63, 3.8) is 0 Å². The third-order valence-corrected chi connectivity index (χ3v) is 1.85. The fraction of sp³-hybridized carbons (Fsp3) is 0.300. The lowest BCUT2D eigenvalue weighted by atomic mass is 10.0. The van der Waals surface area contributed by atoms with E-state index in [-0.39, 0.29) is 5.56 Å². The van der Waals surface area contributed by atoms with Gasteiger partial charge in [0.1, 0.15) is 5.82 Å². The topological polar surface area (TPSA) is 17.1 Å². The number of hydrogen-bond acceptors (Lipinski definition) is 1. The van der Waals surface area contributed by atoms with Crippen LogP contribution in [0.4, 0.5) is 13.2 Å². The molecular formula is C10H9F3O. The molecule has 1 aromatic carbocycles. The van der Waals surface area contributed by atoms with Gasteiger partial charge in [0.2, 0.25) is 0 Å². The van der Waals surface area contributed by atoms with Gasteiger partial charge in [-0.3, -0.25) is 4.79 Å². The molecule has 0 aliphatic heterocycles. The Balaban J connectivity index is 3.35. The van der Waals surface area contributed by atoms with Gasteiger partial charge in [0.05, 0.1) is 11.1 Å². The second-order valence-corrected chi connectivity index (χ2v) is 3.11. The lowest BCUT2D eigenvalue weighted by Gasteiger charge is -2.12. The zero-order valence-corrected chi connectivity index (χ0v) is 7.77. The number of hydrogen-bond donors (Lipinski definition) is 0. The SMILES string of the molecule is CC(=O)c1cccc(C(C)(F)F)c1F. The van der Waals surface area contributed by atoms with Crippen molar-refractivity contribution in [2.75, 3.05) is 0 Å². The summed E-state index contributed by atoms with van der Waals surface area (Å²) in [4.78, 5) is 10.9. The Kier molecular flexibility index (Phi) is 2.64. The molecule has 14 heavy (non-hydrogen) atoms. The van der Waals surface area contributed by atoms with Crippen LogP contribution in [0.15, 0.2) is 18.2 Å². The number of carbonyl (C=O) groups is 1. The summed E-state index contributed by atoms with van der Waals surface area (Å²) < 4.78 is 38.9. The molecule has 0 fully saturated rings. The van der Waals surface area contributed by atoms with E-state index in [1.165, 1.54) is 12.1 Å². The molecular weight excluding hydrogens is 193 g/mol. The standard InChI is InChI=1S/C10H9F3O/c1-6(14)7-4-3-5-8(9(7)11)10(2,12)13/h3-5H,1-2H3. The van der Waals surface area contributed by atoms with Crippen LogP contribution in [0.25, 0.3) is 0 Å². The van der Waals surface area contributed by atoms with Gasteiger partial charge >= 0.3 is 0 Å². The normalized spacial score (nSPS) is 11.5. The second kappa shape index (κ2) is 3.44. The van der Waals surface area contributed by atoms with Gasteiger partial charge in [-0.15, -0.1) is 0 Å². The van der Waals surface area contributed by atoms with Crippen molar-refractivity contribution in [2.45, 2.75) is 19.8 Å². The van der Waals surface area contributed by atoms with E-state index >= 15 is 0 Å². The molecule has 0 heterocycles. The van der Waals surface area contributed by atoms with E-state index in [9.17, 15) is 18.0 Å². The summed E-state index contributed by atoms with van der Waals surface area (Å²) in [6.07, 6.45) is 0. The number of benzene rings is 1. The highest BCUT2D eigenvalue weighted by Crippen LogP contribution is 2.30. The maximum atomic E-state index is 13.3. The first-order valence-corrected chi connectivity index (χ1v) is 4.02. The zero-order valence-electron chi connectivity index (χ0n) is 7.77. The molecule has 0 N–H and O–H groups in total. The highest BCUT2D eigenvalue weighted by molar-refractivity contribution is 5.94. The van der Waals surface area contributed by atoms with Gasteiger partial charge in [0, 0.05) is 6.92 Å². The van der Waals surface area contributed by atoms with Crippen LogP contribution in [0.5, 0.6) is 0 Å². The first kappa shape index (κ1) is 10.8. The lowest BCUT2D eigenvalue weighted by Crippen LogP contribution is -2.12. The maximum Gasteiger partial charge on any atom is 0.273 e. The summed E-state index contributed by atoms with van der Waals surface area (Å²) in [6.45, 7) is 1.73. The van der Waals surface area contributed by atoms with Crippen molar-refractivity contribution in [3.05, 3.63) is 35.1 Å². The molecule has 1 aromatic rings. The third-order valence-electron chi connectivity index (χ3n) is 1.85. The lowest BCUT2D eigenvalue weighted by molar-refractivity contribution is 0.0137. The quantitative estimate of drug-likeness (QED) is 0.673. The van der Waals surface area contributed by atoms with Crippen molar-refractivity contribution in [2.24, 2.45) is 0 Å². The Morgan fingerprint density at radius 1 is 1.36 bits per heavy atom. The van der Waals surface area contributed by atoms with Crippen LogP contribution in [0.1, 0.15) is 29.8 Å². The van der Waals surface area contributed by atoms with E-state index in [4.69, 9.17) is 0 Å². The van der Waals surface area contributed by atoms with Crippen molar-refractivity contribution >= 4 is 5.78 Å². The van der Waals surface area contributed by atoms with E-state index in [0.29, 0.717) is 6.92 Å². The van der Waals surface area contributed by atoms with Crippen molar-refractivity contribution in [1.82, 2.24) is 0 Å². The summed E-state index contributed by atoms with van der Waals surface area (Å²) in [7, 11) is 0. The molecule has 0 aliphatic carbocycles. The molecule has 0 radical (unpaired) electrons. The third kappa shape index (κ3) is 1.95. The van der Waals surface area contributed by atoms with Crippen LogP contribution < -0.4 is 0 Å². The smallest absolute Gasteiger partial charge is 0.273 e. The second-order valence-electron chi connectivity index (χ2n) is 3.11. The zero-order chi connectivity index (χ0) is 10.9. The van der Waals surface area contributed by atoms with Crippen LogP contribution in [0, 0.1) is 5.82 Å². The molecule has 76 valence electrons. The Morgan fingerprint density at radius 2 is 1.93 bits per heavy atom. The summed E-state index contributed by atoms with van der Waals surface area (Å²) in [6, 6.07) is 3.40. The van der Waals surface area contributed by atoms with Gasteiger partial charge in [-0.2, -0.15) is 0 Å². The minimum absolute atomic E-state index is 0.302. The fourth-order valence-electron chi connectivity index (χ4n) is 1.14. The molecule has 1 rings (SSSR count). The molecule has 4 heteroatoms. The molecule has 0 amide bonds. The van der Waals surface area contributed by atoms with Crippen LogP contribution in [0.2, 0.25) is 0 Å².